The van der Waals surface area contributed by atoms with Crippen LogP contribution in [0.4, 0.5) is 0 Å². The van der Waals surface area contributed by atoms with Gasteiger partial charge in [0.2, 0.25) is 5.91 Å². The molecule has 1 atom stereocenters. The number of carbonyl (C=O) groups excluding carboxylic acids is 3. The number of carbonyl (C=O) groups is 3. The lowest BCUT2D eigenvalue weighted by Gasteiger charge is -2.18. The highest BCUT2D eigenvalue weighted by Gasteiger charge is 2.23. The number of amides is 1. The van der Waals surface area contributed by atoms with Crippen molar-refractivity contribution in [1.82, 2.24) is 5.32 Å². The van der Waals surface area contributed by atoms with E-state index in [1.54, 1.807) is 13.8 Å². The van der Waals surface area contributed by atoms with Gasteiger partial charge in [-0.2, -0.15) is 0 Å². The average molecular weight is 272 g/mol. The van der Waals surface area contributed by atoms with Crippen molar-refractivity contribution in [3.05, 3.63) is 0 Å². The lowest BCUT2D eigenvalue weighted by atomic mass is 10.1. The second kappa shape index (κ2) is 9.21. The summed E-state index contributed by atoms with van der Waals surface area (Å²) in [6.45, 7) is 3.20. The van der Waals surface area contributed by atoms with E-state index in [1.165, 1.54) is 7.11 Å². The molecule has 19 heavy (non-hydrogen) atoms. The molecule has 0 spiro atoms. The predicted molar refractivity (Wildman–Crippen MR) is 68.1 cm³/mol. The molecule has 0 saturated heterocycles. The maximum absolute atomic E-state index is 11.7. The fourth-order valence-electron chi connectivity index (χ4n) is 1.29. The van der Waals surface area contributed by atoms with E-state index in [0.717, 1.165) is 0 Å². The summed E-state index contributed by atoms with van der Waals surface area (Å²) >= 11 is 0. The van der Waals surface area contributed by atoms with Crippen LogP contribution in [0.15, 0.2) is 0 Å². The molecule has 0 aliphatic rings. The first-order chi connectivity index (χ1) is 8.90. The summed E-state index contributed by atoms with van der Waals surface area (Å²) in [5, 5.41) is 9.22. The highest BCUT2D eigenvalue weighted by atomic mass is 16.5. The van der Waals surface area contributed by atoms with Gasteiger partial charge in [-0.3, -0.25) is 9.59 Å². The Morgan fingerprint density at radius 1 is 1.32 bits per heavy atom. The van der Waals surface area contributed by atoms with Crippen molar-refractivity contribution in [3.8, 4) is 0 Å². The van der Waals surface area contributed by atoms with Gasteiger partial charge >= 0.3 is 5.97 Å². The van der Waals surface area contributed by atoms with Gasteiger partial charge in [-0.15, -0.1) is 0 Å². The molecule has 7 heteroatoms. The van der Waals surface area contributed by atoms with Gasteiger partial charge < -0.3 is 20.2 Å². The molecule has 0 aromatic heterocycles. The van der Waals surface area contributed by atoms with Crippen LogP contribution in [0, 0.1) is 5.41 Å². The highest BCUT2D eigenvalue weighted by molar-refractivity contribution is 6.26. The Kier molecular flexibility index (Phi) is 8.35. The van der Waals surface area contributed by atoms with Crippen molar-refractivity contribution < 1.29 is 23.9 Å². The molecule has 1 amide bonds. The molecule has 7 nitrogen and oxygen atoms in total. The Morgan fingerprint density at radius 3 is 2.42 bits per heavy atom. The maximum Gasteiger partial charge on any atom is 0.328 e. The minimum Gasteiger partial charge on any atom is -0.461 e. The molecule has 0 heterocycles. The van der Waals surface area contributed by atoms with Gasteiger partial charge in [0.15, 0.2) is 5.78 Å². The largest absolute Gasteiger partial charge is 0.461 e. The summed E-state index contributed by atoms with van der Waals surface area (Å²) in [6, 6.07) is -0.908. The summed E-state index contributed by atoms with van der Waals surface area (Å²) in [4.78, 5) is 34.2. The number of rotatable bonds is 9. The number of esters is 1. The van der Waals surface area contributed by atoms with Gasteiger partial charge in [-0.25, -0.2) is 4.79 Å². The Morgan fingerprint density at radius 2 is 1.95 bits per heavy atom. The number of hydrogen-bond acceptors (Lipinski definition) is 6. The van der Waals surface area contributed by atoms with Crippen LogP contribution in [0.3, 0.4) is 0 Å². The summed E-state index contributed by atoms with van der Waals surface area (Å²) in [6.07, 6.45) is 0.457. The van der Waals surface area contributed by atoms with Crippen LogP contribution in [0.25, 0.3) is 0 Å². The van der Waals surface area contributed by atoms with Crippen molar-refractivity contribution in [1.29, 1.82) is 5.41 Å². The molecule has 0 aliphatic carbocycles. The molecule has 0 bridgehead atoms. The summed E-state index contributed by atoms with van der Waals surface area (Å²) < 4.78 is 9.64. The molecule has 0 fully saturated rings. The van der Waals surface area contributed by atoms with E-state index in [4.69, 9.17) is 10.1 Å². The van der Waals surface area contributed by atoms with Crippen LogP contribution in [-0.2, 0) is 23.9 Å². The summed E-state index contributed by atoms with van der Waals surface area (Å²) in [5.41, 5.74) is 0. The standard InChI is InChI=1S/C12H20N2O5/c1-8(2)19-12(17)10(5-4-9(15)6-13)14-11(16)7-18-3/h6,8,10,13H,4-5,7H2,1-3H3,(H,14,16)/t10-/m0/s1. The first-order valence-corrected chi connectivity index (χ1v) is 5.92. The minimum atomic E-state index is -0.908. The number of ketones is 1. The minimum absolute atomic E-state index is 0.00533. The number of Topliss-reactive ketones (excluding diaryl/α,β-unsaturated/α-hetero) is 1. The lowest BCUT2D eigenvalue weighted by Crippen LogP contribution is -2.44. The monoisotopic (exact) mass is 272 g/mol. The van der Waals surface area contributed by atoms with E-state index in [9.17, 15) is 14.4 Å². The molecule has 0 aromatic carbocycles. The van der Waals surface area contributed by atoms with Gasteiger partial charge in [0, 0.05) is 13.5 Å². The number of nitrogens with one attached hydrogen (secondary N) is 2. The molecule has 0 saturated carbocycles. The Hall–Kier alpha value is -1.76. The zero-order valence-corrected chi connectivity index (χ0v) is 11.4. The topological polar surface area (TPSA) is 106 Å². The van der Waals surface area contributed by atoms with Crippen LogP contribution in [-0.4, -0.2) is 49.7 Å². The van der Waals surface area contributed by atoms with Crippen LogP contribution >= 0.6 is 0 Å². The van der Waals surface area contributed by atoms with Gasteiger partial charge in [0.1, 0.15) is 12.6 Å². The van der Waals surface area contributed by atoms with E-state index in [2.05, 4.69) is 10.1 Å². The maximum atomic E-state index is 11.7. The fraction of sp³-hybridized carbons (Fsp3) is 0.667. The molecule has 0 aromatic rings. The second-order valence-electron chi connectivity index (χ2n) is 4.19. The predicted octanol–water partition coefficient (Wildman–Crippen LogP) is 0.0681. The summed E-state index contributed by atoms with van der Waals surface area (Å²) in [7, 11) is 1.36. The Labute approximate surface area is 112 Å². The van der Waals surface area contributed by atoms with Gasteiger partial charge in [0.25, 0.3) is 0 Å². The lowest BCUT2D eigenvalue weighted by molar-refractivity contribution is -0.152. The van der Waals surface area contributed by atoms with Crippen molar-refractivity contribution in [2.75, 3.05) is 13.7 Å². The third-order valence-electron chi connectivity index (χ3n) is 2.09. The average Bonchev–Trinajstić information content (AvgIpc) is 2.33. The fourth-order valence-corrected chi connectivity index (χ4v) is 1.29. The van der Waals surface area contributed by atoms with Crippen molar-refractivity contribution in [3.63, 3.8) is 0 Å². The molecular weight excluding hydrogens is 252 g/mol. The number of hydrogen-bond donors (Lipinski definition) is 2. The van der Waals surface area contributed by atoms with Crippen LogP contribution < -0.4 is 5.32 Å². The van der Waals surface area contributed by atoms with E-state index >= 15 is 0 Å². The molecule has 0 aliphatic heterocycles. The third kappa shape index (κ3) is 8.04. The molecular formula is C12H20N2O5. The zero-order valence-electron chi connectivity index (χ0n) is 11.4. The SMILES string of the molecule is COCC(=O)N[C@@H](CCC(=O)C=N)C(=O)OC(C)C. The molecule has 108 valence electrons. The van der Waals surface area contributed by atoms with Crippen LogP contribution in [0.5, 0.6) is 0 Å². The van der Waals surface area contributed by atoms with Gasteiger partial charge in [-0.05, 0) is 20.3 Å². The quantitative estimate of drug-likeness (QED) is 0.456. The highest BCUT2D eigenvalue weighted by Crippen LogP contribution is 2.03. The van der Waals surface area contributed by atoms with E-state index < -0.39 is 23.7 Å². The van der Waals surface area contributed by atoms with Gasteiger partial charge in [-0.1, -0.05) is 0 Å². The normalized spacial score (nSPS) is 11.8. The smallest absolute Gasteiger partial charge is 0.328 e. The Balaban J connectivity index is 4.53. The Bertz CT molecular complexity index is 341. The van der Waals surface area contributed by atoms with Crippen LogP contribution in [0.2, 0.25) is 0 Å². The molecule has 0 rings (SSSR count). The first kappa shape index (κ1) is 17.2. The second-order valence-corrected chi connectivity index (χ2v) is 4.19. The number of methoxy groups -OCH3 is 1. The number of ether oxygens (including phenoxy) is 2. The van der Waals surface area contributed by atoms with Crippen LogP contribution in [0.1, 0.15) is 26.7 Å². The summed E-state index contributed by atoms with van der Waals surface area (Å²) in [5.74, 6) is -1.48. The molecule has 0 radical (unpaired) electrons. The van der Waals surface area contributed by atoms with Crippen molar-refractivity contribution in [2.24, 2.45) is 0 Å². The molecule has 2 N–H and O–H groups in total. The molecule has 0 unspecified atom stereocenters. The van der Waals surface area contributed by atoms with Crippen molar-refractivity contribution in [2.45, 2.75) is 38.8 Å². The van der Waals surface area contributed by atoms with E-state index in [-0.39, 0.29) is 25.6 Å². The van der Waals surface area contributed by atoms with Crippen molar-refractivity contribution >= 4 is 23.9 Å². The zero-order chi connectivity index (χ0) is 14.8. The van der Waals surface area contributed by atoms with Gasteiger partial charge in [0.05, 0.1) is 12.3 Å². The third-order valence-corrected chi connectivity index (χ3v) is 2.09. The first-order valence-electron chi connectivity index (χ1n) is 5.92. The van der Waals surface area contributed by atoms with E-state index in [1.807, 2.05) is 0 Å². The van der Waals surface area contributed by atoms with E-state index in [0.29, 0.717) is 6.21 Å².